The van der Waals surface area contributed by atoms with E-state index in [4.69, 9.17) is 44.1 Å². The van der Waals surface area contributed by atoms with Gasteiger partial charge in [-0.1, -0.05) is 77.8 Å². The highest BCUT2D eigenvalue weighted by molar-refractivity contribution is 7.90. The van der Waals surface area contributed by atoms with Crippen molar-refractivity contribution in [3.63, 3.8) is 0 Å². The van der Waals surface area contributed by atoms with Gasteiger partial charge < -0.3 is 57.3 Å². The Morgan fingerprint density at radius 1 is 0.885 bits per heavy atom. The number of benzene rings is 4. The van der Waals surface area contributed by atoms with Crippen molar-refractivity contribution in [3.05, 3.63) is 134 Å². The lowest BCUT2D eigenvalue weighted by Crippen LogP contribution is -2.55. The summed E-state index contributed by atoms with van der Waals surface area (Å²) in [5.41, 5.74) is 15.8. The van der Waals surface area contributed by atoms with Crippen LogP contribution in [0.4, 0.5) is 0 Å². The lowest BCUT2D eigenvalue weighted by molar-refractivity contribution is -0.149. The molecule has 1 saturated heterocycles. The van der Waals surface area contributed by atoms with Crippen LogP contribution in [0.3, 0.4) is 0 Å². The van der Waals surface area contributed by atoms with Gasteiger partial charge in [-0.15, -0.1) is 0 Å². The summed E-state index contributed by atoms with van der Waals surface area (Å²) < 4.78 is 40.2. The average molecular weight is 1140 g/mol. The SMILES string of the molecule is COc1cc(C)c(S(=O)(=O)NC(N)=NCCC[C@H](N)[C@H](O)C(=O)N[C@H](Cc2ccccc2)C(=O)N[C@H](/C=C/C(=O)NC[C@H](NC(C)=O)C(=O)N2CCC[C@H]2C(=O)O)Cc2ccc(OCc3c(Cl)cccc3Cl)cc2)c(C)c1C. The van der Waals surface area contributed by atoms with Crippen LogP contribution in [0.1, 0.15) is 66.0 Å². The first-order valence-corrected chi connectivity index (χ1v) is 27.2. The van der Waals surface area contributed by atoms with Gasteiger partial charge in [-0.05, 0) is 111 Å². The normalized spacial score (nSPS) is 15.6. The standard InChI is InChI=1S/C54H67Cl2N9O12S/c1-31-26-46(76-5)32(2)33(3)49(31)78(74,75)64-54(58)59-24-10-16-42(57)48(68)51(70)63-43(28-35-12-7-6-8-13-35)50(69)62-37(27-36-18-21-38(22-19-36)77-30-39-40(55)14-9-15-41(39)56)20-23-47(67)60-29-44(61-34(4)66)52(71)65-25-11-17-45(65)53(72)73/h6-9,12-15,18-23,26,37,42-45,48,68H,10-11,16-17,24-25,27-30,57H2,1-5H3,(H,60,67)(H,61,66)(H,62,69)(H,63,70)(H,72,73)(H3,58,59,64)/b23-20+/t37-,42+,43-,44+,45+,48+/m1/s1. The van der Waals surface area contributed by atoms with Crippen LogP contribution in [0.25, 0.3) is 0 Å². The fourth-order valence-electron chi connectivity index (χ4n) is 8.71. The summed E-state index contributed by atoms with van der Waals surface area (Å²) in [7, 11) is -2.64. The molecule has 420 valence electrons. The van der Waals surface area contributed by atoms with E-state index in [2.05, 4.69) is 31.0 Å². The molecule has 24 heteroatoms. The second-order valence-electron chi connectivity index (χ2n) is 18.7. The first-order chi connectivity index (χ1) is 37.0. The van der Waals surface area contributed by atoms with Crippen molar-refractivity contribution in [2.24, 2.45) is 16.5 Å². The predicted molar refractivity (Wildman–Crippen MR) is 294 cm³/mol. The van der Waals surface area contributed by atoms with Gasteiger partial charge in [-0.25, -0.2) is 17.9 Å². The van der Waals surface area contributed by atoms with Gasteiger partial charge in [-0.2, -0.15) is 0 Å². The van der Waals surface area contributed by atoms with Crippen molar-refractivity contribution in [3.8, 4) is 11.5 Å². The number of aliphatic hydroxyl groups excluding tert-OH is 1. The molecule has 0 saturated carbocycles. The molecule has 21 nitrogen and oxygen atoms in total. The molecule has 5 rings (SSSR count). The molecule has 11 N–H and O–H groups in total. The summed E-state index contributed by atoms with van der Waals surface area (Å²) in [5.74, 6) is -4.17. The van der Waals surface area contributed by atoms with Gasteiger partial charge >= 0.3 is 5.97 Å². The molecule has 4 aromatic carbocycles. The van der Waals surface area contributed by atoms with Crippen LogP contribution in [-0.4, -0.2) is 128 Å². The number of amides is 5. The van der Waals surface area contributed by atoms with Crippen molar-refractivity contribution in [2.75, 3.05) is 26.7 Å². The number of guanidine groups is 1. The van der Waals surface area contributed by atoms with E-state index >= 15 is 0 Å². The maximum Gasteiger partial charge on any atom is 0.326 e. The molecule has 5 amide bonds. The van der Waals surface area contributed by atoms with Crippen LogP contribution in [-0.2, 0) is 58.2 Å². The van der Waals surface area contributed by atoms with E-state index in [0.29, 0.717) is 61.3 Å². The third-order valence-corrected chi connectivity index (χ3v) is 15.2. The van der Waals surface area contributed by atoms with Crippen LogP contribution in [0.2, 0.25) is 10.0 Å². The smallest absolute Gasteiger partial charge is 0.326 e. The van der Waals surface area contributed by atoms with Crippen molar-refractivity contribution < 1.29 is 56.9 Å². The number of rotatable bonds is 26. The highest BCUT2D eigenvalue weighted by atomic mass is 35.5. The van der Waals surface area contributed by atoms with E-state index in [1.807, 2.05) is 0 Å². The quantitative estimate of drug-likeness (QED) is 0.0189. The molecule has 0 spiro atoms. The fourth-order valence-corrected chi connectivity index (χ4v) is 10.7. The number of carbonyl (C=O) groups excluding carboxylic acids is 5. The minimum Gasteiger partial charge on any atom is -0.496 e. The Morgan fingerprint density at radius 3 is 2.19 bits per heavy atom. The van der Waals surface area contributed by atoms with Crippen LogP contribution in [0.5, 0.6) is 11.5 Å². The zero-order valence-electron chi connectivity index (χ0n) is 43.9. The van der Waals surface area contributed by atoms with Crippen LogP contribution < -0.4 is 46.9 Å². The van der Waals surface area contributed by atoms with E-state index < -0.39 is 81.8 Å². The summed E-state index contributed by atoms with van der Waals surface area (Å²) in [6, 6.07) is 16.6. The van der Waals surface area contributed by atoms with Crippen LogP contribution in [0, 0.1) is 20.8 Å². The maximum absolute atomic E-state index is 14.4. The van der Waals surface area contributed by atoms with Crippen molar-refractivity contribution >= 4 is 74.7 Å². The van der Waals surface area contributed by atoms with Gasteiger partial charge in [0.2, 0.25) is 29.6 Å². The van der Waals surface area contributed by atoms with Crippen LogP contribution >= 0.6 is 23.2 Å². The van der Waals surface area contributed by atoms with Gasteiger partial charge in [0.1, 0.15) is 42.3 Å². The maximum atomic E-state index is 14.4. The number of carbonyl (C=O) groups is 6. The minimum absolute atomic E-state index is 0.0189. The first-order valence-electron chi connectivity index (χ1n) is 25.0. The third-order valence-electron chi connectivity index (χ3n) is 12.9. The summed E-state index contributed by atoms with van der Waals surface area (Å²) in [6.07, 6.45) is 1.70. The Hall–Kier alpha value is -7.24. The van der Waals surface area contributed by atoms with E-state index in [9.17, 15) is 47.4 Å². The molecule has 78 heavy (non-hydrogen) atoms. The number of aliphatic carboxylic acids is 1. The fraction of sp³-hybridized carbons (Fsp3) is 0.389. The zero-order chi connectivity index (χ0) is 57.3. The highest BCUT2D eigenvalue weighted by Gasteiger charge is 2.38. The number of aryl methyl sites for hydroxylation is 1. The lowest BCUT2D eigenvalue weighted by Gasteiger charge is -2.27. The number of carboxylic acids is 1. The van der Waals surface area contributed by atoms with E-state index in [1.165, 1.54) is 20.1 Å². The van der Waals surface area contributed by atoms with E-state index in [0.717, 1.165) is 11.0 Å². The van der Waals surface area contributed by atoms with Gasteiger partial charge in [0.15, 0.2) is 0 Å². The van der Waals surface area contributed by atoms with Gasteiger partial charge in [-0.3, -0.25) is 29.0 Å². The molecule has 0 aliphatic carbocycles. The predicted octanol–water partition coefficient (Wildman–Crippen LogP) is 3.28. The molecule has 0 bridgehead atoms. The molecular weight excluding hydrogens is 1070 g/mol. The lowest BCUT2D eigenvalue weighted by atomic mass is 10.0. The minimum atomic E-state index is -4.13. The van der Waals surface area contributed by atoms with Crippen molar-refractivity contribution in [1.82, 2.24) is 30.9 Å². The van der Waals surface area contributed by atoms with Gasteiger partial charge in [0.25, 0.3) is 15.9 Å². The Labute approximate surface area is 463 Å². The second kappa shape index (κ2) is 28.9. The molecule has 6 atom stereocenters. The molecule has 1 fully saturated rings. The van der Waals surface area contributed by atoms with E-state index in [-0.39, 0.29) is 69.2 Å². The first kappa shape index (κ1) is 61.6. The van der Waals surface area contributed by atoms with Crippen molar-refractivity contribution in [1.29, 1.82) is 0 Å². The number of methoxy groups -OCH3 is 1. The molecule has 0 aromatic heterocycles. The number of aliphatic imine (C=N–C) groups is 1. The number of halogens is 2. The summed E-state index contributed by atoms with van der Waals surface area (Å²) in [5, 5.41) is 32.3. The number of hydrogen-bond donors (Lipinski definition) is 9. The number of carboxylic acid groups (broad SMARTS) is 1. The zero-order valence-corrected chi connectivity index (χ0v) is 46.2. The number of nitrogens with two attached hydrogens (primary N) is 2. The molecule has 1 aliphatic heterocycles. The molecule has 0 unspecified atom stereocenters. The number of nitrogens with zero attached hydrogens (tertiary/aromatic N) is 2. The third kappa shape index (κ3) is 17.6. The second-order valence-corrected chi connectivity index (χ2v) is 21.1. The number of hydrogen-bond acceptors (Lipinski definition) is 13. The Kier molecular flexibility index (Phi) is 22.9. The van der Waals surface area contributed by atoms with Gasteiger partial charge in [0.05, 0.1) is 18.0 Å². The summed E-state index contributed by atoms with van der Waals surface area (Å²) in [4.78, 5) is 84.1. The number of likely N-dealkylation sites (tertiary alicyclic amines) is 1. The van der Waals surface area contributed by atoms with Crippen LogP contribution in [0.15, 0.2) is 101 Å². The molecule has 4 aromatic rings. The molecular formula is C54H67Cl2N9O12S. The number of ether oxygens (including phenoxy) is 2. The van der Waals surface area contributed by atoms with E-state index in [1.54, 1.807) is 99.6 Å². The Morgan fingerprint density at radius 2 is 1.55 bits per heavy atom. The average Bonchev–Trinajstić information content (AvgIpc) is 3.91. The molecule has 0 radical (unpaired) electrons. The topological polar surface area (TPSA) is 323 Å². The Bertz CT molecular complexity index is 2950. The number of aliphatic hydroxyl groups is 1. The largest absolute Gasteiger partial charge is 0.496 e. The molecule has 1 aliphatic rings. The summed E-state index contributed by atoms with van der Waals surface area (Å²) in [6.45, 7) is 6.06. The van der Waals surface area contributed by atoms with Crippen molar-refractivity contribution in [2.45, 2.75) is 114 Å². The Balaban J connectivity index is 1.29. The highest BCUT2D eigenvalue weighted by Crippen LogP contribution is 2.31. The molecule has 1 heterocycles. The number of sulfonamides is 1. The van der Waals surface area contributed by atoms with Gasteiger partial charge in [0, 0.05) is 60.7 Å². The number of nitrogens with one attached hydrogen (secondary N) is 5. The monoisotopic (exact) mass is 1140 g/mol. The summed E-state index contributed by atoms with van der Waals surface area (Å²) >= 11 is 12.7.